The summed E-state index contributed by atoms with van der Waals surface area (Å²) in [4.78, 5) is 24.5. The highest BCUT2D eigenvalue weighted by atomic mass is 32.2. The molecule has 1 N–H and O–H groups in total. The van der Waals surface area contributed by atoms with E-state index in [9.17, 15) is 18.0 Å². The van der Waals surface area contributed by atoms with Gasteiger partial charge >= 0.3 is 12.1 Å². The minimum Gasteiger partial charge on any atom is -0.461 e. The number of amides is 1. The first-order valence-corrected chi connectivity index (χ1v) is 10.2. The van der Waals surface area contributed by atoms with E-state index in [2.05, 4.69) is 5.32 Å². The van der Waals surface area contributed by atoms with Crippen molar-refractivity contribution in [1.29, 1.82) is 0 Å². The van der Waals surface area contributed by atoms with E-state index in [1.165, 1.54) is 12.1 Å². The SMILES string of the molecule is CC(C)OC(=O)[C@@H](Cc1ccc(S(C)(=O)=O)cc1)NC(=O)OC(C)(C)C. The van der Waals surface area contributed by atoms with Crippen LogP contribution in [-0.4, -0.2) is 44.5 Å². The van der Waals surface area contributed by atoms with Gasteiger partial charge in [-0.05, 0) is 52.3 Å². The molecule has 0 unspecified atom stereocenters. The Hall–Kier alpha value is -2.09. The van der Waals surface area contributed by atoms with E-state index in [4.69, 9.17) is 9.47 Å². The maximum Gasteiger partial charge on any atom is 0.408 e. The first-order chi connectivity index (χ1) is 11.8. The zero-order chi connectivity index (χ0) is 20.1. The summed E-state index contributed by atoms with van der Waals surface area (Å²) >= 11 is 0. The highest BCUT2D eigenvalue weighted by molar-refractivity contribution is 7.90. The number of hydrogen-bond acceptors (Lipinski definition) is 6. The molecule has 0 fully saturated rings. The van der Waals surface area contributed by atoms with Gasteiger partial charge in [-0.1, -0.05) is 12.1 Å². The molecule has 8 heteroatoms. The molecule has 0 heterocycles. The van der Waals surface area contributed by atoms with Crippen molar-refractivity contribution in [2.75, 3.05) is 6.26 Å². The van der Waals surface area contributed by atoms with Gasteiger partial charge in [0.05, 0.1) is 11.0 Å². The van der Waals surface area contributed by atoms with Crippen LogP contribution in [0.4, 0.5) is 4.79 Å². The first kappa shape index (κ1) is 22.0. The van der Waals surface area contributed by atoms with Gasteiger partial charge in [-0.15, -0.1) is 0 Å². The molecule has 0 aromatic heterocycles. The van der Waals surface area contributed by atoms with Crippen molar-refractivity contribution in [2.45, 2.75) is 63.7 Å². The van der Waals surface area contributed by atoms with Crippen LogP contribution in [0.2, 0.25) is 0 Å². The van der Waals surface area contributed by atoms with Gasteiger partial charge in [0.2, 0.25) is 0 Å². The van der Waals surface area contributed by atoms with Gasteiger partial charge in [0.25, 0.3) is 0 Å². The Morgan fingerprint density at radius 1 is 1.12 bits per heavy atom. The number of esters is 1. The summed E-state index contributed by atoms with van der Waals surface area (Å²) in [6.07, 6.45) is 0.206. The molecule has 0 saturated heterocycles. The van der Waals surface area contributed by atoms with E-state index in [1.54, 1.807) is 46.8 Å². The monoisotopic (exact) mass is 385 g/mol. The predicted octanol–water partition coefficient (Wildman–Crippen LogP) is 2.48. The Labute approximate surface area is 155 Å². The number of rotatable bonds is 6. The molecule has 0 saturated carbocycles. The lowest BCUT2D eigenvalue weighted by molar-refractivity contribution is -0.149. The van der Waals surface area contributed by atoms with E-state index in [-0.39, 0.29) is 17.4 Å². The van der Waals surface area contributed by atoms with Crippen LogP contribution in [0, 0.1) is 0 Å². The van der Waals surface area contributed by atoms with Crippen molar-refractivity contribution in [3.05, 3.63) is 29.8 Å². The molecule has 1 aromatic carbocycles. The van der Waals surface area contributed by atoms with Crippen LogP contribution in [0.25, 0.3) is 0 Å². The highest BCUT2D eigenvalue weighted by Crippen LogP contribution is 2.13. The number of sulfone groups is 1. The van der Waals surface area contributed by atoms with Gasteiger partial charge in [0.15, 0.2) is 9.84 Å². The normalized spacial score (nSPS) is 13.2. The number of carbonyl (C=O) groups is 2. The molecule has 26 heavy (non-hydrogen) atoms. The van der Waals surface area contributed by atoms with Gasteiger partial charge in [0.1, 0.15) is 11.6 Å². The Morgan fingerprint density at radius 3 is 2.08 bits per heavy atom. The molecule has 0 radical (unpaired) electrons. The fourth-order valence-electron chi connectivity index (χ4n) is 2.07. The first-order valence-electron chi connectivity index (χ1n) is 8.27. The van der Waals surface area contributed by atoms with Crippen LogP contribution in [0.1, 0.15) is 40.2 Å². The topological polar surface area (TPSA) is 98.8 Å². The van der Waals surface area contributed by atoms with Crippen molar-refractivity contribution >= 4 is 21.9 Å². The maximum absolute atomic E-state index is 12.3. The highest BCUT2D eigenvalue weighted by Gasteiger charge is 2.26. The summed E-state index contributed by atoms with van der Waals surface area (Å²) in [7, 11) is -3.30. The van der Waals surface area contributed by atoms with E-state index in [0.717, 1.165) is 6.26 Å². The predicted molar refractivity (Wildman–Crippen MR) is 97.6 cm³/mol. The number of ether oxygens (including phenoxy) is 2. The van der Waals surface area contributed by atoms with Crippen molar-refractivity contribution in [3.8, 4) is 0 Å². The van der Waals surface area contributed by atoms with Crippen molar-refractivity contribution in [2.24, 2.45) is 0 Å². The fraction of sp³-hybridized carbons (Fsp3) is 0.556. The molecule has 1 atom stereocenters. The fourth-order valence-corrected chi connectivity index (χ4v) is 2.70. The minimum absolute atomic E-state index is 0.148. The third-order valence-electron chi connectivity index (χ3n) is 3.12. The molecule has 1 amide bonds. The van der Waals surface area contributed by atoms with Gasteiger partial charge in [-0.25, -0.2) is 18.0 Å². The lowest BCUT2D eigenvalue weighted by Gasteiger charge is -2.23. The molecule has 146 valence electrons. The quantitative estimate of drug-likeness (QED) is 0.755. The summed E-state index contributed by atoms with van der Waals surface area (Å²) in [5, 5.41) is 2.52. The Balaban J connectivity index is 2.94. The van der Waals surface area contributed by atoms with E-state index in [0.29, 0.717) is 5.56 Å². The van der Waals surface area contributed by atoms with Crippen LogP contribution in [0.5, 0.6) is 0 Å². The molecule has 0 aliphatic carbocycles. The molecule has 0 bridgehead atoms. The molecule has 0 spiro atoms. The van der Waals surface area contributed by atoms with Crippen LogP contribution in [-0.2, 0) is 30.5 Å². The molecule has 7 nitrogen and oxygen atoms in total. The van der Waals surface area contributed by atoms with Crippen molar-refractivity contribution in [3.63, 3.8) is 0 Å². The molecular weight excluding hydrogens is 358 g/mol. The summed E-state index contributed by atoms with van der Waals surface area (Å²) in [5.41, 5.74) is -0.0209. The second kappa shape index (κ2) is 8.53. The molecule has 0 aliphatic rings. The average molecular weight is 385 g/mol. The summed E-state index contributed by atoms with van der Waals surface area (Å²) in [6, 6.07) is 5.17. The van der Waals surface area contributed by atoms with E-state index >= 15 is 0 Å². The van der Waals surface area contributed by atoms with Crippen LogP contribution in [0.15, 0.2) is 29.2 Å². The van der Waals surface area contributed by atoms with Crippen molar-refractivity contribution < 1.29 is 27.5 Å². The molecule has 0 aliphatic heterocycles. The zero-order valence-corrected chi connectivity index (χ0v) is 16.8. The summed E-state index contributed by atoms with van der Waals surface area (Å²) < 4.78 is 33.4. The van der Waals surface area contributed by atoms with Gasteiger partial charge in [-0.2, -0.15) is 0 Å². The molecule has 1 aromatic rings. The number of alkyl carbamates (subject to hydrolysis) is 1. The number of hydrogen-bond donors (Lipinski definition) is 1. The second-order valence-corrected chi connectivity index (χ2v) is 9.32. The lowest BCUT2D eigenvalue weighted by atomic mass is 10.1. The van der Waals surface area contributed by atoms with Crippen molar-refractivity contribution in [1.82, 2.24) is 5.32 Å². The lowest BCUT2D eigenvalue weighted by Crippen LogP contribution is -2.46. The van der Waals surface area contributed by atoms with Crippen LogP contribution >= 0.6 is 0 Å². The minimum atomic E-state index is -3.30. The zero-order valence-electron chi connectivity index (χ0n) is 16.0. The van der Waals surface area contributed by atoms with Gasteiger partial charge in [0, 0.05) is 12.7 Å². The number of benzene rings is 1. The maximum atomic E-state index is 12.3. The van der Waals surface area contributed by atoms with Gasteiger partial charge < -0.3 is 14.8 Å². The summed E-state index contributed by atoms with van der Waals surface area (Å²) in [6.45, 7) is 8.58. The molecular formula is C18H27NO6S. The van der Waals surface area contributed by atoms with Crippen LogP contribution in [0.3, 0.4) is 0 Å². The Kier molecular flexibility index (Phi) is 7.20. The third-order valence-corrected chi connectivity index (χ3v) is 4.25. The van der Waals surface area contributed by atoms with Gasteiger partial charge in [-0.3, -0.25) is 0 Å². The Bertz CT molecular complexity index is 732. The number of carbonyl (C=O) groups excluding carboxylic acids is 2. The standard InChI is InChI=1S/C18H27NO6S/c1-12(2)24-16(20)15(19-17(21)25-18(3,4)5)11-13-7-9-14(10-8-13)26(6,22)23/h7-10,12,15H,11H2,1-6H3,(H,19,21)/t15-/m1/s1. The molecule has 1 rings (SSSR count). The average Bonchev–Trinajstić information content (AvgIpc) is 2.43. The third kappa shape index (κ3) is 7.86. The van der Waals surface area contributed by atoms with E-state index in [1.807, 2.05) is 0 Å². The Morgan fingerprint density at radius 2 is 1.65 bits per heavy atom. The smallest absolute Gasteiger partial charge is 0.408 e. The summed E-state index contributed by atoms with van der Waals surface area (Å²) in [5.74, 6) is -0.585. The number of nitrogens with one attached hydrogen (secondary N) is 1. The van der Waals surface area contributed by atoms with E-state index < -0.39 is 33.5 Å². The largest absolute Gasteiger partial charge is 0.461 e. The second-order valence-electron chi connectivity index (χ2n) is 7.30. The van der Waals surface area contributed by atoms with Crippen LogP contribution < -0.4 is 5.32 Å².